The first-order valence-electron chi connectivity index (χ1n) is 15.5. The van der Waals surface area contributed by atoms with Crippen LogP contribution in [0.15, 0.2) is 30.5 Å². The normalized spacial score (nSPS) is 26.6. The van der Waals surface area contributed by atoms with E-state index >= 15 is 4.39 Å². The van der Waals surface area contributed by atoms with Crippen molar-refractivity contribution in [1.82, 2.24) is 19.9 Å². The number of phenols is 1. The Balaban J connectivity index is 1.28. The highest BCUT2D eigenvalue weighted by molar-refractivity contribution is 6.01. The maximum Gasteiger partial charge on any atom is 0.319 e. The van der Waals surface area contributed by atoms with Crippen molar-refractivity contribution < 1.29 is 27.8 Å². The van der Waals surface area contributed by atoms with Gasteiger partial charge in [-0.05, 0) is 73.2 Å². The number of benzene rings is 2. The fraction of sp³-hybridized carbons (Fsp3) is 0.485. The van der Waals surface area contributed by atoms with Crippen LogP contribution in [0.25, 0.3) is 32.9 Å². The summed E-state index contributed by atoms with van der Waals surface area (Å²) >= 11 is 0. The lowest BCUT2D eigenvalue weighted by Crippen LogP contribution is -2.55. The molecule has 230 valence electrons. The van der Waals surface area contributed by atoms with Gasteiger partial charge in [-0.2, -0.15) is 9.97 Å². The third-order valence-corrected chi connectivity index (χ3v) is 10.1. The fourth-order valence-electron chi connectivity index (χ4n) is 7.98. The number of halogens is 3. The Morgan fingerprint density at radius 1 is 1.16 bits per heavy atom. The highest BCUT2D eigenvalue weighted by Gasteiger charge is 2.49. The van der Waals surface area contributed by atoms with E-state index in [9.17, 15) is 13.9 Å². The third kappa shape index (κ3) is 4.38. The number of rotatable bonds is 6. The molecule has 4 aromatic rings. The molecule has 0 amide bonds. The first-order chi connectivity index (χ1) is 21.3. The Kier molecular flexibility index (Phi) is 6.60. The highest BCUT2D eigenvalue weighted by atomic mass is 19.1. The van der Waals surface area contributed by atoms with Crippen molar-refractivity contribution in [3.8, 4) is 23.0 Å². The first kappa shape index (κ1) is 27.8. The molecule has 5 aliphatic heterocycles. The molecule has 44 heavy (non-hydrogen) atoms. The number of alkyl halides is 1. The molecule has 0 saturated carbocycles. The molecule has 7 heterocycles. The molecule has 0 aliphatic carbocycles. The molecule has 2 bridgehead atoms. The van der Waals surface area contributed by atoms with E-state index in [0.29, 0.717) is 60.1 Å². The molecule has 11 heteroatoms. The smallest absolute Gasteiger partial charge is 0.319 e. The van der Waals surface area contributed by atoms with Crippen LogP contribution < -0.4 is 9.64 Å². The second-order valence-electron chi connectivity index (χ2n) is 12.7. The van der Waals surface area contributed by atoms with Crippen molar-refractivity contribution >= 4 is 27.5 Å². The topological polar surface area (TPSA) is 83.8 Å². The van der Waals surface area contributed by atoms with Gasteiger partial charge >= 0.3 is 6.01 Å². The van der Waals surface area contributed by atoms with Crippen LogP contribution in [0.4, 0.5) is 19.0 Å². The summed E-state index contributed by atoms with van der Waals surface area (Å²) in [4.78, 5) is 18.2. The summed E-state index contributed by atoms with van der Waals surface area (Å²) in [6, 6.07) is 5.98. The van der Waals surface area contributed by atoms with Gasteiger partial charge in [-0.15, -0.1) is 0 Å². The average molecular weight is 606 g/mol. The molecule has 5 saturated heterocycles. The summed E-state index contributed by atoms with van der Waals surface area (Å²) in [6.45, 7) is 4.42. The van der Waals surface area contributed by atoms with E-state index in [2.05, 4.69) is 19.8 Å². The number of aromatic hydroxyl groups is 1. The summed E-state index contributed by atoms with van der Waals surface area (Å²) in [7, 11) is 0. The van der Waals surface area contributed by atoms with Gasteiger partial charge in [0.1, 0.15) is 41.4 Å². The van der Waals surface area contributed by atoms with Gasteiger partial charge in [0.2, 0.25) is 0 Å². The Labute approximate surface area is 252 Å². The molecule has 0 spiro atoms. The molecule has 1 N–H and O–H groups in total. The van der Waals surface area contributed by atoms with Gasteiger partial charge in [0.15, 0.2) is 5.82 Å². The molecule has 2 aromatic carbocycles. The second-order valence-corrected chi connectivity index (χ2v) is 12.7. The molecule has 5 aliphatic rings. The summed E-state index contributed by atoms with van der Waals surface area (Å²) < 4.78 is 58.3. The number of phenolic OH excluding ortho intramolecular Hbond substituents is 1. The van der Waals surface area contributed by atoms with Crippen molar-refractivity contribution in [3.63, 3.8) is 0 Å². The SMILES string of the molecule is CCc1c(F)ccc2cc(O)cc(-c3ncc4c(N5C[C@@H]6CC[C@@H]5CO6)nc(OC[C@@]56CCCN5C[C@H](F)C6)nc4c3F)c12. The van der Waals surface area contributed by atoms with Gasteiger partial charge in [0.25, 0.3) is 0 Å². The zero-order valence-corrected chi connectivity index (χ0v) is 24.5. The maximum absolute atomic E-state index is 16.8. The van der Waals surface area contributed by atoms with Crippen molar-refractivity contribution in [2.45, 2.75) is 69.3 Å². The van der Waals surface area contributed by atoms with Crippen LogP contribution in [-0.2, 0) is 11.2 Å². The zero-order chi connectivity index (χ0) is 30.2. The lowest BCUT2D eigenvalue weighted by molar-refractivity contribution is -0.0228. The van der Waals surface area contributed by atoms with Gasteiger partial charge < -0.3 is 19.5 Å². The quantitative estimate of drug-likeness (QED) is 0.299. The van der Waals surface area contributed by atoms with Gasteiger partial charge in [0.05, 0.1) is 29.7 Å². The molecular formula is C33H34F3N5O3. The number of fused-ring (bicyclic) bond motifs is 6. The number of morpholine rings is 1. The van der Waals surface area contributed by atoms with Crippen molar-refractivity contribution in [2.24, 2.45) is 0 Å². The van der Waals surface area contributed by atoms with Crippen molar-refractivity contribution in [1.29, 1.82) is 0 Å². The number of anilines is 1. The second kappa shape index (κ2) is 10.4. The van der Waals surface area contributed by atoms with E-state index in [0.717, 1.165) is 32.2 Å². The van der Waals surface area contributed by atoms with Gasteiger partial charge in [-0.1, -0.05) is 13.0 Å². The van der Waals surface area contributed by atoms with E-state index in [1.54, 1.807) is 12.3 Å². The van der Waals surface area contributed by atoms with E-state index in [1.807, 2.05) is 6.92 Å². The predicted molar refractivity (Wildman–Crippen MR) is 160 cm³/mol. The highest BCUT2D eigenvalue weighted by Crippen LogP contribution is 2.42. The lowest BCUT2D eigenvalue weighted by Gasteiger charge is -2.45. The third-order valence-electron chi connectivity index (χ3n) is 10.1. The number of ether oxygens (including phenoxy) is 2. The summed E-state index contributed by atoms with van der Waals surface area (Å²) in [5.74, 6) is -0.670. The zero-order valence-electron chi connectivity index (χ0n) is 24.5. The number of nitrogens with zero attached hydrogens (tertiary/aromatic N) is 5. The Bertz CT molecular complexity index is 1780. The Hall–Kier alpha value is -3.70. The minimum atomic E-state index is -0.906. The monoisotopic (exact) mass is 605 g/mol. The molecule has 9 rings (SSSR count). The Morgan fingerprint density at radius 2 is 2.05 bits per heavy atom. The lowest BCUT2D eigenvalue weighted by atomic mass is 9.94. The van der Waals surface area contributed by atoms with Crippen LogP contribution in [0.2, 0.25) is 0 Å². The van der Waals surface area contributed by atoms with Crippen LogP contribution in [0.3, 0.4) is 0 Å². The first-order valence-corrected chi connectivity index (χ1v) is 15.5. The maximum atomic E-state index is 16.8. The minimum absolute atomic E-state index is 0.0236. The fourth-order valence-corrected chi connectivity index (χ4v) is 7.98. The van der Waals surface area contributed by atoms with Crippen molar-refractivity contribution in [3.05, 3.63) is 47.7 Å². The van der Waals surface area contributed by atoms with Crippen molar-refractivity contribution in [2.75, 3.05) is 37.7 Å². The molecular weight excluding hydrogens is 571 g/mol. The van der Waals surface area contributed by atoms with Gasteiger partial charge in [-0.25, -0.2) is 13.2 Å². The summed E-state index contributed by atoms with van der Waals surface area (Å²) in [5, 5.41) is 12.1. The summed E-state index contributed by atoms with van der Waals surface area (Å²) in [6.07, 6.45) is 5.14. The van der Waals surface area contributed by atoms with E-state index in [-0.39, 0.29) is 47.3 Å². The predicted octanol–water partition coefficient (Wildman–Crippen LogP) is 5.71. The van der Waals surface area contributed by atoms with E-state index in [4.69, 9.17) is 14.5 Å². The van der Waals surface area contributed by atoms with E-state index in [1.165, 1.54) is 18.2 Å². The van der Waals surface area contributed by atoms with E-state index < -0.39 is 23.3 Å². The number of hydrogen-bond acceptors (Lipinski definition) is 8. The van der Waals surface area contributed by atoms with Crippen LogP contribution in [0.1, 0.15) is 44.6 Å². The van der Waals surface area contributed by atoms with Crippen LogP contribution in [0.5, 0.6) is 11.8 Å². The molecule has 4 atom stereocenters. The van der Waals surface area contributed by atoms with Crippen LogP contribution in [0, 0.1) is 11.6 Å². The molecule has 0 radical (unpaired) electrons. The number of aromatic nitrogens is 3. The number of piperidine rings is 1. The molecule has 0 unspecified atom stereocenters. The average Bonchev–Trinajstić information content (AvgIpc) is 3.56. The molecule has 5 fully saturated rings. The summed E-state index contributed by atoms with van der Waals surface area (Å²) in [5.41, 5.74) is 0.259. The largest absolute Gasteiger partial charge is 0.508 e. The van der Waals surface area contributed by atoms with Gasteiger partial charge in [-0.3, -0.25) is 9.88 Å². The van der Waals surface area contributed by atoms with Crippen LogP contribution >= 0.6 is 0 Å². The number of hydrogen-bond donors (Lipinski definition) is 1. The van der Waals surface area contributed by atoms with Gasteiger partial charge in [0, 0.05) is 31.3 Å². The molecule has 8 nitrogen and oxygen atoms in total. The minimum Gasteiger partial charge on any atom is -0.508 e. The Morgan fingerprint density at radius 3 is 2.82 bits per heavy atom. The molecule has 2 aromatic heterocycles. The van der Waals surface area contributed by atoms with Crippen LogP contribution in [-0.4, -0.2) is 81.7 Å². The number of aryl methyl sites for hydroxylation is 1. The number of pyridine rings is 1. The standard InChI is InChI=1S/C33H34F3N5O3/c1-2-23-26(35)7-4-18-10-21(42)11-24(27(18)23)29-28(36)30-25(13-37-29)31(41-15-22-6-5-20(41)16-43-22)39-32(38-30)44-17-33-8-3-9-40(33)14-19(34)12-33/h4,7,10-11,13,19-20,22,42H,2-3,5-6,8-9,12,14-17H2,1H3/t19-,20-,22+,33+/m1/s1.